The van der Waals surface area contributed by atoms with E-state index >= 15 is 0 Å². The summed E-state index contributed by atoms with van der Waals surface area (Å²) in [4.78, 5) is 28.4. The van der Waals surface area contributed by atoms with Crippen molar-refractivity contribution in [2.75, 3.05) is 6.54 Å². The van der Waals surface area contributed by atoms with Crippen LogP contribution in [0.4, 0.5) is 4.39 Å². The van der Waals surface area contributed by atoms with Crippen LogP contribution in [0.1, 0.15) is 55.4 Å². The second-order valence-electron chi connectivity index (χ2n) is 9.14. The largest absolute Gasteiger partial charge is 0.355 e. The van der Waals surface area contributed by atoms with E-state index in [4.69, 9.17) is 0 Å². The highest BCUT2D eigenvalue weighted by Crippen LogP contribution is 2.19. The van der Waals surface area contributed by atoms with Gasteiger partial charge in [0.05, 0.1) is 0 Å². The van der Waals surface area contributed by atoms with Crippen molar-refractivity contribution in [2.45, 2.75) is 58.5 Å². The van der Waals surface area contributed by atoms with Crippen molar-refractivity contribution < 1.29 is 14.0 Å². The maximum Gasteiger partial charge on any atom is 0.243 e. The van der Waals surface area contributed by atoms with E-state index < -0.39 is 6.04 Å². The molecular formula is C30H35FN2O2. The molecule has 2 amide bonds. The van der Waals surface area contributed by atoms with E-state index in [-0.39, 0.29) is 30.6 Å². The summed E-state index contributed by atoms with van der Waals surface area (Å²) in [6.07, 6.45) is 1.28. The number of benzene rings is 3. The topological polar surface area (TPSA) is 49.4 Å². The highest BCUT2D eigenvalue weighted by Gasteiger charge is 2.29. The molecule has 3 rings (SSSR count). The molecule has 3 aromatic carbocycles. The van der Waals surface area contributed by atoms with Crippen molar-refractivity contribution in [3.05, 3.63) is 107 Å². The van der Waals surface area contributed by atoms with Crippen LogP contribution in [0.15, 0.2) is 78.9 Å². The van der Waals surface area contributed by atoms with Crippen LogP contribution in [0, 0.1) is 5.82 Å². The minimum absolute atomic E-state index is 0.102. The Kier molecular flexibility index (Phi) is 9.59. The number of amides is 2. The molecule has 0 fully saturated rings. The lowest BCUT2D eigenvalue weighted by molar-refractivity contribution is -0.141. The van der Waals surface area contributed by atoms with Gasteiger partial charge in [-0.2, -0.15) is 0 Å². The van der Waals surface area contributed by atoms with Crippen LogP contribution in [0.2, 0.25) is 0 Å². The van der Waals surface area contributed by atoms with Gasteiger partial charge in [-0.25, -0.2) is 4.39 Å². The monoisotopic (exact) mass is 474 g/mol. The summed E-state index contributed by atoms with van der Waals surface area (Å²) in [6, 6.07) is 23.5. The van der Waals surface area contributed by atoms with Crippen LogP contribution < -0.4 is 5.32 Å². The number of halogens is 1. The molecule has 0 bridgehead atoms. The molecule has 5 heteroatoms. The van der Waals surface area contributed by atoms with Gasteiger partial charge in [0.25, 0.3) is 0 Å². The lowest BCUT2D eigenvalue weighted by Gasteiger charge is -2.31. The average Bonchev–Trinajstić information content (AvgIpc) is 2.86. The van der Waals surface area contributed by atoms with Gasteiger partial charge in [-0.15, -0.1) is 0 Å². The molecule has 1 N–H and O–H groups in total. The first-order valence-corrected chi connectivity index (χ1v) is 12.3. The number of rotatable bonds is 11. The Bertz CT molecular complexity index is 1080. The number of likely N-dealkylation sites (N-methyl/N-ethyl adjacent to an activating group) is 1. The van der Waals surface area contributed by atoms with E-state index in [0.717, 1.165) is 16.7 Å². The van der Waals surface area contributed by atoms with Crippen LogP contribution in [0.3, 0.4) is 0 Å². The summed E-state index contributed by atoms with van der Waals surface area (Å²) in [5, 5.41) is 2.89. The predicted octanol–water partition coefficient (Wildman–Crippen LogP) is 5.66. The minimum atomic E-state index is -0.668. The van der Waals surface area contributed by atoms with E-state index in [0.29, 0.717) is 25.3 Å². The van der Waals surface area contributed by atoms with Crippen molar-refractivity contribution in [2.24, 2.45) is 0 Å². The lowest BCUT2D eigenvalue weighted by Crippen LogP contribution is -2.50. The summed E-state index contributed by atoms with van der Waals surface area (Å²) in [7, 11) is 0. The van der Waals surface area contributed by atoms with Crippen molar-refractivity contribution in [3.8, 4) is 0 Å². The zero-order valence-electron chi connectivity index (χ0n) is 20.8. The smallest absolute Gasteiger partial charge is 0.243 e. The Morgan fingerprint density at radius 2 is 1.49 bits per heavy atom. The first-order chi connectivity index (χ1) is 16.9. The standard InChI is InChI=1S/C30H35FN2O2/c1-4-32-30(35)28(20-24-8-6-5-7-9-24)33(21-25-12-17-27(31)18-13-25)29(34)19-14-23-10-15-26(16-11-23)22(2)3/h5-13,15-18,22,28H,4,14,19-21H2,1-3H3,(H,32,35)/t28-/m1/s1. The molecule has 4 nitrogen and oxygen atoms in total. The molecular weight excluding hydrogens is 439 g/mol. The lowest BCUT2D eigenvalue weighted by atomic mass is 9.99. The summed E-state index contributed by atoms with van der Waals surface area (Å²) >= 11 is 0. The Balaban J connectivity index is 1.85. The maximum atomic E-state index is 13.6. The molecule has 0 spiro atoms. The molecule has 0 heterocycles. The summed E-state index contributed by atoms with van der Waals surface area (Å²) in [5.41, 5.74) is 4.10. The van der Waals surface area contributed by atoms with Crippen molar-refractivity contribution in [3.63, 3.8) is 0 Å². The summed E-state index contributed by atoms with van der Waals surface area (Å²) in [6.45, 7) is 6.88. The van der Waals surface area contributed by atoms with Crippen LogP contribution in [-0.2, 0) is 29.0 Å². The predicted molar refractivity (Wildman–Crippen MR) is 138 cm³/mol. The summed E-state index contributed by atoms with van der Waals surface area (Å²) < 4.78 is 13.5. The molecule has 0 aliphatic rings. The van der Waals surface area contributed by atoms with Gasteiger partial charge in [0.2, 0.25) is 11.8 Å². The second-order valence-corrected chi connectivity index (χ2v) is 9.14. The van der Waals surface area contributed by atoms with Crippen LogP contribution in [0.5, 0.6) is 0 Å². The van der Waals surface area contributed by atoms with Gasteiger partial charge in [0.1, 0.15) is 11.9 Å². The molecule has 3 aromatic rings. The number of hydrogen-bond acceptors (Lipinski definition) is 2. The normalized spacial score (nSPS) is 11.8. The van der Waals surface area contributed by atoms with E-state index in [2.05, 4.69) is 43.4 Å². The molecule has 0 aliphatic heterocycles. The van der Waals surface area contributed by atoms with Crippen LogP contribution in [-0.4, -0.2) is 29.3 Å². The van der Waals surface area contributed by atoms with Gasteiger partial charge in [0.15, 0.2) is 0 Å². The zero-order chi connectivity index (χ0) is 25.2. The number of nitrogens with one attached hydrogen (secondary N) is 1. The Morgan fingerprint density at radius 3 is 2.09 bits per heavy atom. The zero-order valence-corrected chi connectivity index (χ0v) is 20.8. The van der Waals surface area contributed by atoms with Crippen molar-refractivity contribution in [1.29, 1.82) is 0 Å². The number of nitrogens with zero attached hydrogens (tertiary/aromatic N) is 1. The van der Waals surface area contributed by atoms with E-state index in [1.54, 1.807) is 17.0 Å². The molecule has 1 atom stereocenters. The molecule has 0 aromatic heterocycles. The molecule has 0 saturated heterocycles. The number of carbonyl (C=O) groups is 2. The van der Waals surface area contributed by atoms with E-state index in [9.17, 15) is 14.0 Å². The van der Waals surface area contributed by atoms with Gasteiger partial charge in [-0.3, -0.25) is 9.59 Å². The van der Waals surface area contributed by atoms with Gasteiger partial charge in [-0.1, -0.05) is 80.6 Å². The third kappa shape index (κ3) is 7.78. The number of carbonyl (C=O) groups excluding carboxylic acids is 2. The molecule has 0 unspecified atom stereocenters. The first-order valence-electron chi connectivity index (χ1n) is 12.3. The van der Waals surface area contributed by atoms with Gasteiger partial charge >= 0.3 is 0 Å². The Morgan fingerprint density at radius 1 is 0.857 bits per heavy atom. The van der Waals surface area contributed by atoms with E-state index in [1.165, 1.54) is 17.7 Å². The van der Waals surface area contributed by atoms with Gasteiger partial charge in [0, 0.05) is 25.9 Å². The second kappa shape index (κ2) is 12.8. The van der Waals surface area contributed by atoms with Crippen LogP contribution >= 0.6 is 0 Å². The Labute approximate surface area is 208 Å². The number of aryl methyl sites for hydroxylation is 1. The summed E-state index contributed by atoms with van der Waals surface area (Å²) in [5.74, 6) is -0.170. The molecule has 35 heavy (non-hydrogen) atoms. The fourth-order valence-corrected chi connectivity index (χ4v) is 4.10. The van der Waals surface area contributed by atoms with Crippen LogP contribution in [0.25, 0.3) is 0 Å². The highest BCUT2D eigenvalue weighted by molar-refractivity contribution is 5.88. The van der Waals surface area contributed by atoms with Gasteiger partial charge in [-0.05, 0) is 53.6 Å². The Hall–Kier alpha value is -3.47. The maximum absolute atomic E-state index is 13.6. The molecule has 0 saturated carbocycles. The SMILES string of the molecule is CCNC(=O)[C@@H](Cc1ccccc1)N(Cc1ccc(F)cc1)C(=O)CCc1ccc(C(C)C)cc1. The minimum Gasteiger partial charge on any atom is -0.355 e. The molecule has 0 radical (unpaired) electrons. The van der Waals surface area contributed by atoms with Crippen molar-refractivity contribution in [1.82, 2.24) is 10.2 Å². The third-order valence-corrected chi connectivity index (χ3v) is 6.16. The van der Waals surface area contributed by atoms with E-state index in [1.807, 2.05) is 37.3 Å². The fourth-order valence-electron chi connectivity index (χ4n) is 4.10. The third-order valence-electron chi connectivity index (χ3n) is 6.16. The quantitative estimate of drug-likeness (QED) is 0.390. The van der Waals surface area contributed by atoms with Crippen molar-refractivity contribution >= 4 is 11.8 Å². The molecule has 184 valence electrons. The first kappa shape index (κ1) is 26.1. The van der Waals surface area contributed by atoms with Gasteiger partial charge < -0.3 is 10.2 Å². The highest BCUT2D eigenvalue weighted by atomic mass is 19.1. The fraction of sp³-hybridized carbons (Fsp3) is 0.333. The molecule has 0 aliphatic carbocycles. The average molecular weight is 475 g/mol. The number of hydrogen-bond donors (Lipinski definition) is 1.